The lowest BCUT2D eigenvalue weighted by Gasteiger charge is -2.46. The number of likely N-dealkylation sites (tertiary alicyclic amines) is 1. The van der Waals surface area contributed by atoms with Crippen molar-refractivity contribution in [1.82, 2.24) is 4.90 Å². The van der Waals surface area contributed by atoms with E-state index in [0.717, 1.165) is 0 Å². The van der Waals surface area contributed by atoms with Gasteiger partial charge < -0.3 is 14.4 Å². The van der Waals surface area contributed by atoms with E-state index in [9.17, 15) is 14.4 Å². The van der Waals surface area contributed by atoms with Crippen LogP contribution in [0.25, 0.3) is 0 Å². The van der Waals surface area contributed by atoms with Crippen LogP contribution in [-0.2, 0) is 19.1 Å². The van der Waals surface area contributed by atoms with Crippen molar-refractivity contribution in [2.24, 2.45) is 5.41 Å². The monoisotopic (exact) mass is 271 g/mol. The summed E-state index contributed by atoms with van der Waals surface area (Å²) in [5.74, 6) is -0.854. The van der Waals surface area contributed by atoms with Gasteiger partial charge in [-0.2, -0.15) is 0 Å². The van der Waals surface area contributed by atoms with Crippen molar-refractivity contribution in [3.8, 4) is 0 Å². The summed E-state index contributed by atoms with van der Waals surface area (Å²) in [6.45, 7) is 8.54. The Morgan fingerprint density at radius 1 is 1.21 bits per heavy atom. The Hall–Kier alpha value is -1.59. The van der Waals surface area contributed by atoms with Gasteiger partial charge in [0.15, 0.2) is 11.2 Å². The molecule has 0 N–H and O–H groups in total. The zero-order valence-electron chi connectivity index (χ0n) is 12.1. The topological polar surface area (TPSA) is 72.9 Å². The SMILES string of the molecule is CCOC(=O)C1(C(C)=O)CN(C(=O)OC(C)(C)C)C1. The maximum Gasteiger partial charge on any atom is 0.410 e. The minimum atomic E-state index is -1.22. The quantitative estimate of drug-likeness (QED) is 0.572. The van der Waals surface area contributed by atoms with Crippen molar-refractivity contribution in [2.45, 2.75) is 40.2 Å². The van der Waals surface area contributed by atoms with E-state index in [1.165, 1.54) is 11.8 Å². The first-order valence-electron chi connectivity index (χ1n) is 6.28. The van der Waals surface area contributed by atoms with Crippen molar-refractivity contribution in [1.29, 1.82) is 0 Å². The fourth-order valence-corrected chi connectivity index (χ4v) is 1.83. The van der Waals surface area contributed by atoms with E-state index in [4.69, 9.17) is 9.47 Å². The predicted octanol–water partition coefficient (Wildman–Crippen LogP) is 1.38. The maximum atomic E-state index is 11.8. The van der Waals surface area contributed by atoms with Crippen LogP contribution in [0.3, 0.4) is 0 Å². The largest absolute Gasteiger partial charge is 0.465 e. The van der Waals surface area contributed by atoms with Crippen molar-refractivity contribution in [2.75, 3.05) is 19.7 Å². The van der Waals surface area contributed by atoms with E-state index in [1.54, 1.807) is 27.7 Å². The predicted molar refractivity (Wildman–Crippen MR) is 67.6 cm³/mol. The van der Waals surface area contributed by atoms with Crippen LogP contribution in [0.1, 0.15) is 34.6 Å². The average molecular weight is 271 g/mol. The van der Waals surface area contributed by atoms with Crippen LogP contribution in [0, 0.1) is 5.41 Å². The van der Waals surface area contributed by atoms with Crippen LogP contribution in [0.5, 0.6) is 0 Å². The van der Waals surface area contributed by atoms with Gasteiger partial charge in [-0.1, -0.05) is 0 Å². The standard InChI is InChI=1S/C13H21NO5/c1-6-18-10(16)13(9(2)15)7-14(8-13)11(17)19-12(3,4)5/h6-8H2,1-5H3. The second kappa shape index (κ2) is 5.19. The highest BCUT2D eigenvalue weighted by Gasteiger charge is 2.56. The summed E-state index contributed by atoms with van der Waals surface area (Å²) in [5, 5.41) is 0. The summed E-state index contributed by atoms with van der Waals surface area (Å²) in [5.41, 5.74) is -1.82. The third-order valence-corrected chi connectivity index (χ3v) is 2.91. The normalized spacial score (nSPS) is 17.4. The average Bonchev–Trinajstić information content (AvgIpc) is 2.12. The molecule has 0 bridgehead atoms. The number of hydrogen-bond acceptors (Lipinski definition) is 5. The molecule has 0 unspecified atom stereocenters. The Balaban J connectivity index is 2.68. The number of amides is 1. The summed E-state index contributed by atoms with van der Waals surface area (Å²) in [6, 6.07) is 0. The van der Waals surface area contributed by atoms with Crippen molar-refractivity contribution in [3.63, 3.8) is 0 Å². The molecule has 0 spiro atoms. The molecule has 0 radical (unpaired) electrons. The fraction of sp³-hybridized carbons (Fsp3) is 0.769. The zero-order chi connectivity index (χ0) is 14.8. The molecule has 0 saturated carbocycles. The molecule has 6 heteroatoms. The van der Waals surface area contributed by atoms with Gasteiger partial charge >= 0.3 is 12.1 Å². The van der Waals surface area contributed by atoms with Gasteiger partial charge in [-0.05, 0) is 34.6 Å². The zero-order valence-corrected chi connectivity index (χ0v) is 12.1. The first-order chi connectivity index (χ1) is 8.62. The molecule has 0 atom stereocenters. The third-order valence-electron chi connectivity index (χ3n) is 2.91. The lowest BCUT2D eigenvalue weighted by Crippen LogP contribution is -2.66. The highest BCUT2D eigenvalue weighted by Crippen LogP contribution is 2.34. The second-order valence-electron chi connectivity index (χ2n) is 5.70. The molecule has 1 heterocycles. The summed E-state index contributed by atoms with van der Waals surface area (Å²) in [4.78, 5) is 36.6. The molecule has 6 nitrogen and oxygen atoms in total. The van der Waals surface area contributed by atoms with Gasteiger partial charge in [0, 0.05) is 13.1 Å². The highest BCUT2D eigenvalue weighted by molar-refractivity contribution is 6.05. The van der Waals surface area contributed by atoms with Crippen molar-refractivity contribution >= 4 is 17.8 Å². The van der Waals surface area contributed by atoms with E-state index < -0.39 is 23.1 Å². The van der Waals surface area contributed by atoms with E-state index in [1.807, 2.05) is 0 Å². The molecule has 19 heavy (non-hydrogen) atoms. The van der Waals surface area contributed by atoms with E-state index in [0.29, 0.717) is 0 Å². The second-order valence-corrected chi connectivity index (χ2v) is 5.70. The highest BCUT2D eigenvalue weighted by atomic mass is 16.6. The summed E-state index contributed by atoms with van der Waals surface area (Å²) in [6.07, 6.45) is -0.520. The van der Waals surface area contributed by atoms with Crippen LogP contribution in [0.2, 0.25) is 0 Å². The Morgan fingerprint density at radius 2 is 1.74 bits per heavy atom. The Bertz CT molecular complexity index is 390. The number of ketones is 1. The lowest BCUT2D eigenvalue weighted by atomic mass is 9.76. The van der Waals surface area contributed by atoms with Gasteiger partial charge in [0.25, 0.3) is 0 Å². The summed E-state index contributed by atoms with van der Waals surface area (Å²) in [7, 11) is 0. The molecule has 1 aliphatic rings. The number of Topliss-reactive ketones (excluding diaryl/α,β-unsaturated/α-hetero) is 1. The van der Waals surface area contributed by atoms with Crippen molar-refractivity contribution in [3.05, 3.63) is 0 Å². The lowest BCUT2D eigenvalue weighted by molar-refractivity contribution is -0.170. The minimum absolute atomic E-state index is 0.0239. The maximum absolute atomic E-state index is 11.8. The van der Waals surface area contributed by atoms with Crippen LogP contribution in [0.15, 0.2) is 0 Å². The molecular weight excluding hydrogens is 250 g/mol. The number of esters is 1. The Morgan fingerprint density at radius 3 is 2.11 bits per heavy atom. The smallest absolute Gasteiger partial charge is 0.410 e. The molecule has 0 aliphatic carbocycles. The first kappa shape index (κ1) is 15.5. The molecule has 1 amide bonds. The number of rotatable bonds is 3. The molecule has 0 aromatic carbocycles. The van der Waals surface area contributed by atoms with Crippen LogP contribution >= 0.6 is 0 Å². The van der Waals surface area contributed by atoms with Crippen LogP contribution < -0.4 is 0 Å². The summed E-state index contributed by atoms with van der Waals surface area (Å²) < 4.78 is 10.1. The minimum Gasteiger partial charge on any atom is -0.465 e. The summed E-state index contributed by atoms with van der Waals surface area (Å²) >= 11 is 0. The fourth-order valence-electron chi connectivity index (χ4n) is 1.83. The molecule has 108 valence electrons. The van der Waals surface area contributed by atoms with Gasteiger partial charge in [0.2, 0.25) is 0 Å². The number of nitrogens with zero attached hydrogens (tertiary/aromatic N) is 1. The number of hydrogen-bond donors (Lipinski definition) is 0. The third kappa shape index (κ3) is 3.24. The van der Waals surface area contributed by atoms with E-state index in [2.05, 4.69) is 0 Å². The Kier molecular flexibility index (Phi) is 4.22. The molecular formula is C13H21NO5. The van der Waals surface area contributed by atoms with Gasteiger partial charge in [0.05, 0.1) is 6.61 Å². The molecule has 1 aliphatic heterocycles. The number of carbonyl (C=O) groups is 3. The van der Waals surface area contributed by atoms with Crippen LogP contribution in [0.4, 0.5) is 4.79 Å². The molecule has 0 aromatic rings. The molecule has 1 fully saturated rings. The van der Waals surface area contributed by atoms with Crippen LogP contribution in [-0.4, -0.2) is 48.0 Å². The number of carbonyl (C=O) groups excluding carboxylic acids is 3. The van der Waals surface area contributed by atoms with Crippen molar-refractivity contribution < 1.29 is 23.9 Å². The molecule has 1 saturated heterocycles. The molecule has 1 rings (SSSR count). The van der Waals surface area contributed by atoms with Gasteiger partial charge in [0.1, 0.15) is 5.60 Å². The number of ether oxygens (including phenoxy) is 2. The van der Waals surface area contributed by atoms with Gasteiger partial charge in [-0.3, -0.25) is 9.59 Å². The first-order valence-corrected chi connectivity index (χ1v) is 6.28. The molecule has 0 aromatic heterocycles. The van der Waals surface area contributed by atoms with E-state index in [-0.39, 0.29) is 25.5 Å². The Labute approximate surface area is 113 Å². The van der Waals surface area contributed by atoms with Gasteiger partial charge in [-0.15, -0.1) is 0 Å². The van der Waals surface area contributed by atoms with E-state index >= 15 is 0 Å². The van der Waals surface area contributed by atoms with Gasteiger partial charge in [-0.25, -0.2) is 4.79 Å².